The van der Waals surface area contributed by atoms with E-state index in [1.165, 1.54) is 82.7 Å². The fourth-order valence-corrected chi connectivity index (χ4v) is 7.64. The van der Waals surface area contributed by atoms with Crippen molar-refractivity contribution in [2.75, 3.05) is 0 Å². The van der Waals surface area contributed by atoms with E-state index < -0.39 is 0 Å². The summed E-state index contributed by atoms with van der Waals surface area (Å²) in [5.74, 6) is 0.609. The van der Waals surface area contributed by atoms with Crippen molar-refractivity contribution in [2.45, 2.75) is 108 Å². The molecule has 0 bridgehead atoms. The summed E-state index contributed by atoms with van der Waals surface area (Å²) in [5, 5.41) is 27.5. The fraction of sp³-hybridized carbons (Fsp3) is 0.643. The number of fused-ring (bicyclic) bond motifs is 3. The second kappa shape index (κ2) is 8.37. The van der Waals surface area contributed by atoms with Crippen molar-refractivity contribution >= 4 is 0 Å². The summed E-state index contributed by atoms with van der Waals surface area (Å²) in [6.45, 7) is 0. The zero-order chi connectivity index (χ0) is 22.4. The van der Waals surface area contributed by atoms with Crippen molar-refractivity contribution in [1.82, 2.24) is 15.5 Å². The van der Waals surface area contributed by atoms with Gasteiger partial charge in [-0.25, -0.2) is 0 Å². The molecule has 6 aliphatic rings. The van der Waals surface area contributed by atoms with Crippen LogP contribution in [0.1, 0.15) is 89.9 Å². The van der Waals surface area contributed by atoms with Crippen molar-refractivity contribution in [3.8, 4) is 12.1 Å². The van der Waals surface area contributed by atoms with E-state index in [1.807, 2.05) is 0 Å². The third-order valence-electron chi connectivity index (χ3n) is 9.11. The molecule has 33 heavy (non-hydrogen) atoms. The van der Waals surface area contributed by atoms with Gasteiger partial charge in [-0.3, -0.25) is 5.32 Å². The SMILES string of the molecule is N#CC(C#N)=C1C=C(NC2CCCCC2)C=C2[C@@H]1N[C@]13CCCC[C@H]1CC1=C(CCCC1)N23. The van der Waals surface area contributed by atoms with E-state index in [-0.39, 0.29) is 17.3 Å². The highest BCUT2D eigenvalue weighted by Crippen LogP contribution is 2.55. The van der Waals surface area contributed by atoms with Crippen LogP contribution in [-0.4, -0.2) is 22.6 Å². The van der Waals surface area contributed by atoms with E-state index in [0.29, 0.717) is 12.0 Å². The molecule has 2 N–H and O–H groups in total. The summed E-state index contributed by atoms with van der Waals surface area (Å²) in [6.07, 6.45) is 21.9. The summed E-state index contributed by atoms with van der Waals surface area (Å²) in [6, 6.07) is 4.85. The lowest BCUT2D eigenvalue weighted by atomic mass is 9.70. The van der Waals surface area contributed by atoms with Gasteiger partial charge in [0.25, 0.3) is 0 Å². The topological polar surface area (TPSA) is 74.9 Å². The molecule has 6 rings (SSSR count). The number of rotatable bonds is 2. The average Bonchev–Trinajstić information content (AvgIpc) is 3.18. The van der Waals surface area contributed by atoms with Gasteiger partial charge in [0, 0.05) is 28.7 Å². The van der Waals surface area contributed by atoms with Crippen molar-refractivity contribution < 1.29 is 0 Å². The van der Waals surface area contributed by atoms with Gasteiger partial charge in [0.1, 0.15) is 17.7 Å². The highest BCUT2D eigenvalue weighted by atomic mass is 15.4. The average molecular weight is 442 g/mol. The van der Waals surface area contributed by atoms with Crippen LogP contribution in [0.15, 0.2) is 46.0 Å². The molecule has 1 saturated heterocycles. The first-order valence-electron chi connectivity index (χ1n) is 13.3. The Kier molecular flexibility index (Phi) is 5.34. The molecule has 0 aromatic carbocycles. The lowest BCUT2D eigenvalue weighted by Gasteiger charge is -2.54. The normalized spacial score (nSPS) is 33.5. The summed E-state index contributed by atoms with van der Waals surface area (Å²) in [5.41, 5.74) is 6.64. The molecular formula is C28H35N5. The van der Waals surface area contributed by atoms with Crippen LogP contribution in [-0.2, 0) is 0 Å². The van der Waals surface area contributed by atoms with Crippen molar-refractivity contribution in [3.05, 3.63) is 46.0 Å². The van der Waals surface area contributed by atoms with Crippen LogP contribution < -0.4 is 10.6 Å². The zero-order valence-electron chi connectivity index (χ0n) is 19.6. The quantitative estimate of drug-likeness (QED) is 0.559. The Bertz CT molecular complexity index is 1030. The second-order valence-electron chi connectivity index (χ2n) is 10.9. The largest absolute Gasteiger partial charge is 0.382 e. The van der Waals surface area contributed by atoms with Crippen LogP contribution in [0.25, 0.3) is 0 Å². The molecule has 172 valence electrons. The Hall–Kier alpha value is -2.50. The van der Waals surface area contributed by atoms with Crippen LogP contribution in [0.2, 0.25) is 0 Å². The van der Waals surface area contributed by atoms with E-state index >= 15 is 0 Å². The molecule has 3 atom stereocenters. The van der Waals surface area contributed by atoms with Crippen LogP contribution in [0.3, 0.4) is 0 Å². The van der Waals surface area contributed by atoms with Crippen molar-refractivity contribution in [3.63, 3.8) is 0 Å². The smallest absolute Gasteiger partial charge is 0.134 e. The molecule has 1 spiro atoms. The lowest BCUT2D eigenvalue weighted by molar-refractivity contribution is 0.0304. The van der Waals surface area contributed by atoms with Crippen LogP contribution >= 0.6 is 0 Å². The minimum absolute atomic E-state index is 0.0552. The first-order chi connectivity index (χ1) is 16.2. The number of nitrogens with one attached hydrogen (secondary N) is 2. The molecule has 2 saturated carbocycles. The molecule has 0 aromatic rings. The van der Waals surface area contributed by atoms with Gasteiger partial charge in [0.05, 0.1) is 11.7 Å². The number of nitrogens with zero attached hydrogens (tertiary/aromatic N) is 3. The van der Waals surface area contributed by atoms with E-state index in [9.17, 15) is 10.5 Å². The molecule has 5 heteroatoms. The van der Waals surface area contributed by atoms with E-state index in [0.717, 1.165) is 24.1 Å². The number of hydrogen-bond acceptors (Lipinski definition) is 5. The van der Waals surface area contributed by atoms with E-state index in [2.05, 4.69) is 39.8 Å². The van der Waals surface area contributed by atoms with Gasteiger partial charge < -0.3 is 10.2 Å². The third-order valence-corrected chi connectivity index (χ3v) is 9.11. The second-order valence-corrected chi connectivity index (χ2v) is 10.9. The maximum atomic E-state index is 9.83. The number of nitriles is 2. The lowest BCUT2D eigenvalue weighted by Crippen LogP contribution is -2.60. The molecular weight excluding hydrogens is 406 g/mol. The van der Waals surface area contributed by atoms with Crippen LogP contribution in [0.5, 0.6) is 0 Å². The zero-order valence-corrected chi connectivity index (χ0v) is 19.6. The molecule has 2 heterocycles. The highest BCUT2D eigenvalue weighted by Gasteiger charge is 2.58. The van der Waals surface area contributed by atoms with Gasteiger partial charge in [-0.05, 0) is 82.3 Å². The Morgan fingerprint density at radius 2 is 1.76 bits per heavy atom. The Morgan fingerprint density at radius 1 is 0.970 bits per heavy atom. The van der Waals surface area contributed by atoms with Crippen LogP contribution in [0.4, 0.5) is 0 Å². The van der Waals surface area contributed by atoms with Gasteiger partial charge in [-0.15, -0.1) is 0 Å². The fourth-order valence-electron chi connectivity index (χ4n) is 7.64. The molecule has 0 radical (unpaired) electrons. The minimum atomic E-state index is -0.0643. The molecule has 5 nitrogen and oxygen atoms in total. The van der Waals surface area contributed by atoms with Crippen LogP contribution in [0, 0.1) is 28.6 Å². The van der Waals surface area contributed by atoms with Crippen molar-refractivity contribution in [1.29, 1.82) is 10.5 Å². The predicted octanol–water partition coefficient (Wildman–Crippen LogP) is 5.43. The maximum Gasteiger partial charge on any atom is 0.134 e. The van der Waals surface area contributed by atoms with Gasteiger partial charge in [0.15, 0.2) is 0 Å². The van der Waals surface area contributed by atoms with Gasteiger partial charge >= 0.3 is 0 Å². The monoisotopic (exact) mass is 441 g/mol. The maximum absolute atomic E-state index is 9.83. The predicted molar refractivity (Wildman–Crippen MR) is 128 cm³/mol. The first kappa shape index (κ1) is 21.1. The summed E-state index contributed by atoms with van der Waals surface area (Å²) in [4.78, 5) is 2.70. The standard InChI is InChI=1S/C28H35N5/c29-17-20(18-30)24-15-23(31-22-10-2-1-3-11-22)16-26-27(24)32-28-13-7-6-9-21(28)14-19-8-4-5-12-25(19)33(26)28/h15-16,21-22,27,31-32H,1-14H2/t21-,27+,28-/m0/s1. The molecule has 0 amide bonds. The Balaban J connectivity index is 1.47. The molecule has 3 fully saturated rings. The Labute approximate surface area is 197 Å². The number of hydrogen-bond donors (Lipinski definition) is 2. The summed E-state index contributed by atoms with van der Waals surface area (Å²) in [7, 11) is 0. The van der Waals surface area contributed by atoms with Gasteiger partial charge in [0.2, 0.25) is 0 Å². The minimum Gasteiger partial charge on any atom is -0.382 e. The third kappa shape index (κ3) is 3.36. The van der Waals surface area contributed by atoms with Crippen molar-refractivity contribution in [2.24, 2.45) is 5.92 Å². The van der Waals surface area contributed by atoms with Gasteiger partial charge in [-0.2, -0.15) is 10.5 Å². The Morgan fingerprint density at radius 3 is 2.58 bits per heavy atom. The molecule has 0 aromatic heterocycles. The van der Waals surface area contributed by atoms with E-state index in [1.54, 1.807) is 11.3 Å². The molecule has 2 aliphatic heterocycles. The van der Waals surface area contributed by atoms with E-state index in [4.69, 9.17) is 0 Å². The first-order valence-corrected chi connectivity index (χ1v) is 13.3. The molecule has 0 unspecified atom stereocenters. The highest BCUT2D eigenvalue weighted by molar-refractivity contribution is 5.58. The van der Waals surface area contributed by atoms with Gasteiger partial charge in [-0.1, -0.05) is 31.3 Å². The summed E-state index contributed by atoms with van der Waals surface area (Å²) < 4.78 is 0. The number of allylic oxidation sites excluding steroid dienone is 4. The summed E-state index contributed by atoms with van der Waals surface area (Å²) >= 11 is 0. The molecule has 4 aliphatic carbocycles.